The predicted molar refractivity (Wildman–Crippen MR) is 54.9 cm³/mol. The third-order valence-corrected chi connectivity index (χ3v) is 2.06. The van der Waals surface area contributed by atoms with Crippen molar-refractivity contribution >= 4 is 5.91 Å². The Hall–Kier alpha value is -2.06. The van der Waals surface area contributed by atoms with Crippen molar-refractivity contribution in [3.63, 3.8) is 0 Å². The Kier molecular flexibility index (Phi) is 3.94. The number of alkyl halides is 3. The van der Waals surface area contributed by atoms with Crippen LogP contribution in [0.1, 0.15) is 12.1 Å². The Balaban J connectivity index is 2.99. The number of aromatic amines is 1. The van der Waals surface area contributed by atoms with Crippen molar-refractivity contribution in [2.45, 2.75) is 25.6 Å². The van der Waals surface area contributed by atoms with Crippen LogP contribution in [0.5, 0.6) is 0 Å². The molecule has 100 valence electrons. The SMILES string of the molecule is NC(=O)Cc1cc(=O)n(CCC(F)(F)F)c(=O)[nH]1. The average molecular weight is 265 g/mol. The van der Waals surface area contributed by atoms with Crippen LogP contribution in [-0.2, 0) is 17.8 Å². The fourth-order valence-electron chi connectivity index (χ4n) is 1.30. The number of nitrogens with two attached hydrogens (primary N) is 1. The number of amides is 1. The molecule has 0 saturated carbocycles. The van der Waals surface area contributed by atoms with E-state index in [0.717, 1.165) is 6.07 Å². The summed E-state index contributed by atoms with van der Waals surface area (Å²) >= 11 is 0. The van der Waals surface area contributed by atoms with E-state index in [1.54, 1.807) is 0 Å². The van der Waals surface area contributed by atoms with Gasteiger partial charge in [0.25, 0.3) is 5.56 Å². The van der Waals surface area contributed by atoms with Crippen LogP contribution in [0.3, 0.4) is 0 Å². The first-order chi connectivity index (χ1) is 8.19. The lowest BCUT2D eigenvalue weighted by molar-refractivity contribution is -0.137. The molecule has 9 heteroatoms. The van der Waals surface area contributed by atoms with E-state index in [2.05, 4.69) is 4.98 Å². The maximum atomic E-state index is 12.0. The van der Waals surface area contributed by atoms with Crippen LogP contribution in [0.4, 0.5) is 13.2 Å². The first kappa shape index (κ1) is 14.0. The van der Waals surface area contributed by atoms with Gasteiger partial charge in [0.2, 0.25) is 5.91 Å². The zero-order valence-corrected chi connectivity index (χ0v) is 9.08. The van der Waals surface area contributed by atoms with Crippen molar-refractivity contribution in [3.05, 3.63) is 32.6 Å². The monoisotopic (exact) mass is 265 g/mol. The molecular weight excluding hydrogens is 255 g/mol. The minimum Gasteiger partial charge on any atom is -0.369 e. The molecule has 0 unspecified atom stereocenters. The highest BCUT2D eigenvalue weighted by molar-refractivity contribution is 5.75. The second-order valence-electron chi connectivity index (χ2n) is 3.60. The zero-order chi connectivity index (χ0) is 13.9. The fraction of sp³-hybridized carbons (Fsp3) is 0.444. The van der Waals surface area contributed by atoms with Crippen LogP contribution in [0.25, 0.3) is 0 Å². The molecule has 1 amide bonds. The number of rotatable bonds is 4. The summed E-state index contributed by atoms with van der Waals surface area (Å²) < 4.78 is 36.3. The van der Waals surface area contributed by atoms with Crippen LogP contribution in [0, 0.1) is 0 Å². The van der Waals surface area contributed by atoms with Crippen LogP contribution < -0.4 is 17.0 Å². The molecule has 1 aromatic rings. The van der Waals surface area contributed by atoms with Crippen molar-refractivity contribution in [3.8, 4) is 0 Å². The van der Waals surface area contributed by atoms with Gasteiger partial charge in [0, 0.05) is 18.3 Å². The quantitative estimate of drug-likeness (QED) is 0.769. The predicted octanol–water partition coefficient (Wildman–Crippen LogP) is -0.483. The van der Waals surface area contributed by atoms with Gasteiger partial charge in [-0.2, -0.15) is 13.2 Å². The molecule has 1 heterocycles. The summed E-state index contributed by atoms with van der Waals surface area (Å²) in [4.78, 5) is 35.4. The van der Waals surface area contributed by atoms with Crippen molar-refractivity contribution in [2.24, 2.45) is 5.73 Å². The third-order valence-electron chi connectivity index (χ3n) is 2.06. The number of nitrogens with one attached hydrogen (secondary N) is 1. The number of nitrogens with zero attached hydrogens (tertiary/aromatic N) is 1. The zero-order valence-electron chi connectivity index (χ0n) is 9.08. The molecule has 18 heavy (non-hydrogen) atoms. The molecule has 0 aliphatic rings. The van der Waals surface area contributed by atoms with E-state index in [1.165, 1.54) is 0 Å². The summed E-state index contributed by atoms with van der Waals surface area (Å²) in [6.45, 7) is -0.769. The summed E-state index contributed by atoms with van der Waals surface area (Å²) in [6.07, 6.45) is -6.10. The molecule has 0 spiro atoms. The van der Waals surface area contributed by atoms with Crippen molar-refractivity contribution in [2.75, 3.05) is 0 Å². The lowest BCUT2D eigenvalue weighted by Crippen LogP contribution is -2.37. The normalized spacial score (nSPS) is 11.5. The lowest BCUT2D eigenvalue weighted by Gasteiger charge is -2.08. The highest BCUT2D eigenvalue weighted by Gasteiger charge is 2.27. The van der Waals surface area contributed by atoms with Crippen LogP contribution >= 0.6 is 0 Å². The molecule has 0 bridgehead atoms. The van der Waals surface area contributed by atoms with Crippen molar-refractivity contribution in [1.82, 2.24) is 9.55 Å². The number of primary amides is 1. The van der Waals surface area contributed by atoms with Gasteiger partial charge < -0.3 is 10.7 Å². The molecule has 0 aliphatic heterocycles. The standard InChI is InChI=1S/C9H10F3N3O3/c10-9(11,12)1-2-15-7(17)4-5(3-6(13)16)14-8(15)18/h4H,1-3H2,(H2,13,16)(H,14,18). The summed E-state index contributed by atoms with van der Waals surface area (Å²) in [5, 5.41) is 0. The van der Waals surface area contributed by atoms with E-state index in [-0.39, 0.29) is 12.1 Å². The number of H-pyrrole nitrogens is 1. The molecule has 0 saturated heterocycles. The summed E-state index contributed by atoms with van der Waals surface area (Å²) in [6, 6.07) is 0.878. The molecular formula is C9H10F3N3O3. The van der Waals surface area contributed by atoms with Gasteiger partial charge in [-0.25, -0.2) is 4.79 Å². The van der Waals surface area contributed by atoms with E-state index in [4.69, 9.17) is 5.73 Å². The van der Waals surface area contributed by atoms with Crippen LogP contribution in [0.2, 0.25) is 0 Å². The smallest absolute Gasteiger partial charge is 0.369 e. The molecule has 1 rings (SSSR count). The Labute approximate surface area is 98.2 Å². The minimum absolute atomic E-state index is 0.0271. The summed E-state index contributed by atoms with van der Waals surface area (Å²) in [5.74, 6) is -0.766. The van der Waals surface area contributed by atoms with Gasteiger partial charge in [0.15, 0.2) is 0 Å². The van der Waals surface area contributed by atoms with Gasteiger partial charge in [-0.05, 0) is 0 Å². The molecule has 0 radical (unpaired) electrons. The Morgan fingerprint density at radius 3 is 2.44 bits per heavy atom. The Morgan fingerprint density at radius 2 is 2.00 bits per heavy atom. The van der Waals surface area contributed by atoms with Gasteiger partial charge in [-0.1, -0.05) is 0 Å². The minimum atomic E-state index is -4.46. The van der Waals surface area contributed by atoms with E-state index < -0.39 is 36.3 Å². The maximum absolute atomic E-state index is 12.0. The number of hydrogen-bond acceptors (Lipinski definition) is 3. The number of halogens is 3. The molecule has 6 nitrogen and oxygen atoms in total. The van der Waals surface area contributed by atoms with Gasteiger partial charge in [-0.3, -0.25) is 14.2 Å². The molecule has 0 fully saturated rings. The second-order valence-corrected chi connectivity index (χ2v) is 3.60. The van der Waals surface area contributed by atoms with Crippen LogP contribution in [-0.4, -0.2) is 21.6 Å². The second kappa shape index (κ2) is 5.07. The van der Waals surface area contributed by atoms with E-state index >= 15 is 0 Å². The lowest BCUT2D eigenvalue weighted by atomic mass is 10.3. The number of carbonyl (C=O) groups excluding carboxylic acids is 1. The van der Waals surface area contributed by atoms with E-state index in [1.807, 2.05) is 0 Å². The van der Waals surface area contributed by atoms with Gasteiger partial charge in [0.05, 0.1) is 12.8 Å². The third kappa shape index (κ3) is 4.07. The van der Waals surface area contributed by atoms with E-state index in [0.29, 0.717) is 4.57 Å². The van der Waals surface area contributed by atoms with Gasteiger partial charge in [-0.15, -0.1) is 0 Å². The Bertz CT molecular complexity index is 527. The molecule has 0 aromatic carbocycles. The number of hydrogen-bond donors (Lipinski definition) is 2. The highest BCUT2D eigenvalue weighted by Crippen LogP contribution is 2.19. The van der Waals surface area contributed by atoms with Gasteiger partial charge >= 0.3 is 11.9 Å². The Morgan fingerprint density at radius 1 is 1.39 bits per heavy atom. The van der Waals surface area contributed by atoms with Gasteiger partial charge in [0.1, 0.15) is 0 Å². The summed E-state index contributed by atoms with van der Waals surface area (Å²) in [7, 11) is 0. The topological polar surface area (TPSA) is 97.9 Å². The first-order valence-corrected chi connectivity index (χ1v) is 4.87. The van der Waals surface area contributed by atoms with Crippen LogP contribution in [0.15, 0.2) is 15.7 Å². The highest BCUT2D eigenvalue weighted by atomic mass is 19.4. The van der Waals surface area contributed by atoms with E-state index in [9.17, 15) is 27.6 Å². The molecule has 0 aliphatic carbocycles. The fourth-order valence-corrected chi connectivity index (χ4v) is 1.30. The van der Waals surface area contributed by atoms with Crippen molar-refractivity contribution in [1.29, 1.82) is 0 Å². The number of carbonyl (C=O) groups is 1. The van der Waals surface area contributed by atoms with Crippen molar-refractivity contribution < 1.29 is 18.0 Å². The largest absolute Gasteiger partial charge is 0.390 e. The number of aromatic nitrogens is 2. The molecule has 3 N–H and O–H groups in total. The molecule has 1 aromatic heterocycles. The first-order valence-electron chi connectivity index (χ1n) is 4.87. The maximum Gasteiger partial charge on any atom is 0.390 e. The molecule has 0 atom stereocenters. The summed E-state index contributed by atoms with van der Waals surface area (Å²) in [5.41, 5.74) is 2.93. The average Bonchev–Trinajstić information content (AvgIpc) is 2.12.